The van der Waals surface area contributed by atoms with E-state index in [2.05, 4.69) is 150 Å². The summed E-state index contributed by atoms with van der Waals surface area (Å²) in [5.74, 6) is 0. The van der Waals surface area contributed by atoms with Crippen LogP contribution in [0, 0.1) is 0 Å². The van der Waals surface area contributed by atoms with Crippen LogP contribution < -0.4 is 130 Å². The molecule has 0 aromatic carbocycles. The van der Waals surface area contributed by atoms with Crippen molar-refractivity contribution in [2.75, 3.05) is 78.5 Å². The number of pyridine rings is 3. The van der Waals surface area contributed by atoms with E-state index in [1.54, 1.807) is 0 Å². The minimum atomic E-state index is 0.00694. The number of aromatic nitrogens is 3. The molecule has 0 spiro atoms. The Hall–Kier alpha value is -0.212. The quantitative estimate of drug-likeness (QED) is 0.0496. The summed E-state index contributed by atoms with van der Waals surface area (Å²) < 4.78 is 0. The first-order valence-corrected chi connectivity index (χ1v) is 66.2. The summed E-state index contributed by atoms with van der Waals surface area (Å²) in [5.41, 5.74) is 43.7. The number of halogens is 6. The van der Waals surface area contributed by atoms with Crippen LogP contribution in [0.3, 0.4) is 0 Å². The van der Waals surface area contributed by atoms with Gasteiger partial charge in [0.2, 0.25) is 0 Å². The third-order valence-corrected chi connectivity index (χ3v) is 33.0. The average Bonchev–Trinajstić information content (AvgIpc) is 1.86. The number of rotatable bonds is 15. The van der Waals surface area contributed by atoms with Gasteiger partial charge in [0, 0.05) is 263 Å². The summed E-state index contributed by atoms with van der Waals surface area (Å²) in [6.07, 6.45) is 61.8. The van der Waals surface area contributed by atoms with E-state index in [0.29, 0.717) is 145 Å². The molecule has 24 atom stereocenters. The molecule has 0 amide bonds. The molecular formula is C105H195Cl6Mn3N27. The Balaban J connectivity index is 0.000000172. The van der Waals surface area contributed by atoms with E-state index in [0.717, 1.165) is 118 Å². The average molecular weight is 2210 g/mol. The molecule has 30 N–H and O–H groups in total. The van der Waals surface area contributed by atoms with E-state index in [-0.39, 0.29) is 39.4 Å². The molecule has 6 heterocycles. The van der Waals surface area contributed by atoms with Gasteiger partial charge in [0.15, 0.2) is 0 Å². The van der Waals surface area contributed by atoms with Gasteiger partial charge in [-0.05, 0) is 190 Å². The van der Waals surface area contributed by atoms with Crippen LogP contribution in [0.1, 0.15) is 342 Å². The van der Waals surface area contributed by atoms with E-state index < -0.39 is 0 Å². The Morgan fingerprint density at radius 1 is 0.199 bits per heavy atom. The fourth-order valence-electron chi connectivity index (χ4n) is 24.9. The van der Waals surface area contributed by atoms with Crippen LogP contribution in [-0.2, 0) is 78.7 Å². The van der Waals surface area contributed by atoms with Crippen LogP contribution in [0.4, 0.5) is 0 Å². The molecule has 36 heteroatoms. The molecule has 141 heavy (non-hydrogen) atoms. The van der Waals surface area contributed by atoms with E-state index in [1.807, 2.05) is 0 Å². The fraction of sp³-hybridized carbons (Fsp3) is 0.857. The van der Waals surface area contributed by atoms with E-state index >= 15 is 0 Å². The van der Waals surface area contributed by atoms with Crippen LogP contribution in [0.25, 0.3) is 0 Å². The van der Waals surface area contributed by atoms with Crippen molar-refractivity contribution in [3.05, 3.63) is 88.8 Å². The van der Waals surface area contributed by atoms with Crippen LogP contribution in [0.15, 0.2) is 54.6 Å². The van der Waals surface area contributed by atoms with Crippen molar-refractivity contribution in [3.63, 3.8) is 0 Å². The van der Waals surface area contributed by atoms with Crippen LogP contribution >= 0.6 is 60.6 Å². The van der Waals surface area contributed by atoms with Crippen LogP contribution in [-0.4, -0.2) is 238 Å². The Kier molecular flexibility index (Phi) is 65.7. The molecule has 0 saturated heterocycles. The zero-order valence-electron chi connectivity index (χ0n) is 85.9. The normalized spacial score (nSPS) is 33.6. The van der Waals surface area contributed by atoms with Gasteiger partial charge >= 0.3 is 100.0 Å². The van der Waals surface area contributed by atoms with Gasteiger partial charge in [0.1, 0.15) is 0 Å². The Bertz CT molecular complexity index is 3040. The molecule has 6 bridgehead atoms. The van der Waals surface area contributed by atoms with Crippen LogP contribution in [0.5, 0.6) is 0 Å². The summed E-state index contributed by atoms with van der Waals surface area (Å²) in [6, 6.07) is 31.7. The minimum Gasteiger partial charge on any atom is -0.311 e. The minimum absolute atomic E-state index is 0.00694. The van der Waals surface area contributed by atoms with Crippen molar-refractivity contribution >= 4 is 60.6 Å². The predicted molar refractivity (Wildman–Crippen MR) is 583 cm³/mol. The summed E-state index contributed by atoms with van der Waals surface area (Å²) >= 11 is 0.0208. The van der Waals surface area contributed by atoms with Gasteiger partial charge in [-0.2, -0.15) is 0 Å². The van der Waals surface area contributed by atoms with E-state index in [1.165, 1.54) is 342 Å². The Morgan fingerprint density at radius 2 is 0.319 bits per heavy atom. The topological polar surface area (TPSA) is 411 Å². The first-order chi connectivity index (χ1) is 69.2. The molecule has 3 unspecified atom stereocenters. The second kappa shape index (κ2) is 75.5. The molecule has 813 valence electrons. The molecule has 3 aromatic rings. The van der Waals surface area contributed by atoms with Crippen molar-refractivity contribution < 1.29 is 39.4 Å². The number of hydrogen-bond donors (Lipinski definition) is 24. The van der Waals surface area contributed by atoms with Crippen molar-refractivity contribution in [1.82, 2.24) is 111 Å². The molecule has 18 rings (SSSR count). The van der Waals surface area contributed by atoms with Crippen molar-refractivity contribution in [3.8, 4) is 0 Å². The number of nitrogens with two attached hydrogens (primary N) is 6. The van der Waals surface area contributed by atoms with E-state index in [9.17, 15) is 0 Å². The predicted octanol–water partition coefficient (Wildman–Crippen LogP) is 12.5. The molecule has 3 aliphatic heterocycles. The zero-order valence-corrected chi connectivity index (χ0v) is 94.0. The van der Waals surface area contributed by atoms with Crippen molar-refractivity contribution in [2.45, 2.75) is 492 Å². The van der Waals surface area contributed by atoms with Gasteiger partial charge in [-0.15, -0.1) is 0 Å². The number of nitrogens with one attached hydrogen (secondary N) is 18. The number of nitrogens with zero attached hydrogens (tertiary/aromatic N) is 3. The van der Waals surface area contributed by atoms with Gasteiger partial charge in [-0.25, -0.2) is 0 Å². The summed E-state index contributed by atoms with van der Waals surface area (Å²) in [7, 11) is 28.8. The van der Waals surface area contributed by atoms with Gasteiger partial charge < -0.3 is 130 Å². The standard InChI is InChI=1S/3C21H35N5.3C14H30N4.6ClH.3Mn/c3*1-3-10-20-18(8-1)22-12-13-23-19-9-2-4-11-21(19)25-15-17-7-5-6-16(26-17)14-24-20;3*15-11-5-1-3-7-13(11)17-9-10-18-14-8-4-2-6-12(14)16;;;;;;;;;/h3*5-7,18-25H,1-4,8-15H2;3*11-14,17-18H,1-10,15-16H2;6*1H;;;/q;;;;;;;;;;;;3*+2/p-6/t18-,19+,20+,21-;2*18-,19-,20+,21+;11-,12+,13+,14?;2*11-,12-,13+,14?;;;;;;;;;/m.10110........./s1. The van der Waals surface area contributed by atoms with Crippen molar-refractivity contribution in [2.24, 2.45) is 34.4 Å². The molecule has 12 fully saturated rings. The second-order valence-electron chi connectivity index (χ2n) is 43.1. The first-order valence-electron chi connectivity index (χ1n) is 56.4. The maximum atomic E-state index is 6.12. The van der Waals surface area contributed by atoms with Crippen LogP contribution in [0.2, 0.25) is 0 Å². The first kappa shape index (κ1) is 123. The third-order valence-electron chi connectivity index (χ3n) is 33.0. The molecule has 0 radical (unpaired) electrons. The Labute approximate surface area is 897 Å². The van der Waals surface area contributed by atoms with E-state index in [4.69, 9.17) is 110 Å². The van der Waals surface area contributed by atoms with Crippen molar-refractivity contribution in [1.29, 1.82) is 0 Å². The summed E-state index contributed by atoms with van der Waals surface area (Å²) in [6.45, 7) is 17.8. The van der Waals surface area contributed by atoms with Gasteiger partial charge in [0.05, 0.1) is 34.2 Å². The number of hydrogen-bond acceptors (Lipinski definition) is 27. The largest absolute Gasteiger partial charge is 0.311 e. The van der Waals surface area contributed by atoms with Gasteiger partial charge in [-0.3, -0.25) is 15.0 Å². The summed E-state index contributed by atoms with van der Waals surface area (Å²) in [5, 5.41) is 67.3. The SMILES string of the molecule is N[C@@H]1CCCCC1NCCN[C@H]1CCCC[C@H]1N.N[C@@H]1CCCC[C@@H]1NCCNC1CCCC[C@@H]1N.N[C@H]1CCCCC1NCCN[C@@H]1CCCC[C@@H]1N.[Cl][Mn][Cl].[Cl][Mn][Cl].[Cl][Mn][Cl].c1cc2nc(c1)CN[C@@H]1CCCC[C@@H]1NCCN[C@@H]1CCCC[C@@H]1NC2.c1cc2nc(c1)CN[C@@H]1CCCC[C@@H]1NCCN[C@H]1CCCC[C@H]1NC2.c1cc2nc(c1)CN[C@H]1CCCC[C@H]1NCCN[C@@H]1CCCC[C@@H]1NC2. The Morgan fingerprint density at radius 3 is 0.454 bits per heavy atom. The maximum Gasteiger partial charge on any atom is 0.0545 e. The third kappa shape index (κ3) is 48.6. The van der Waals surface area contributed by atoms with Gasteiger partial charge in [-0.1, -0.05) is 172 Å². The smallest absolute Gasteiger partial charge is 0.0545 e. The molecule has 27 nitrogen and oxygen atoms in total. The molecule has 12 aliphatic carbocycles. The second-order valence-corrected chi connectivity index (χ2v) is 48.9. The monoisotopic (exact) mass is 2210 g/mol. The molecule has 12 saturated carbocycles. The van der Waals surface area contributed by atoms with Gasteiger partial charge in [0.25, 0.3) is 0 Å². The molecular weight excluding hydrogens is 2020 g/mol. The maximum absolute atomic E-state index is 6.12. The number of fused-ring (bicyclic) bond motifs is 12. The molecule has 15 aliphatic rings. The molecule has 3 aromatic heterocycles. The summed E-state index contributed by atoms with van der Waals surface area (Å²) in [4.78, 5) is 14.7. The zero-order chi connectivity index (χ0) is 99.3. The fourth-order valence-corrected chi connectivity index (χ4v) is 24.9.